The van der Waals surface area contributed by atoms with Crippen molar-refractivity contribution in [2.24, 2.45) is 0 Å². The topological polar surface area (TPSA) is 59.2 Å². The van der Waals surface area contributed by atoms with Gasteiger partial charge in [0.25, 0.3) is 11.8 Å². The zero-order chi connectivity index (χ0) is 20.0. The maximum Gasteiger partial charge on any atom is 0.259 e. The molecule has 6 heteroatoms. The predicted octanol–water partition coefficient (Wildman–Crippen LogP) is 5.45. The van der Waals surface area contributed by atoms with Gasteiger partial charge in [-0.3, -0.25) is 4.79 Å². The molecule has 1 aromatic heterocycles. The average molecular weight is 399 g/mol. The number of aryl methyl sites for hydroxylation is 1. The molecule has 3 aromatic carbocycles. The lowest BCUT2D eigenvalue weighted by atomic mass is 10.1. The van der Waals surface area contributed by atoms with E-state index in [0.29, 0.717) is 17.3 Å². The molecule has 4 aromatic rings. The molecular weight excluding hydrogens is 382 g/mol. The molecule has 0 aliphatic carbocycles. The molecule has 0 bridgehead atoms. The summed E-state index contributed by atoms with van der Waals surface area (Å²) in [6, 6.07) is 21.5. The minimum absolute atomic E-state index is 0.0131. The largest absolute Gasteiger partial charge is 0.334 e. The first-order chi connectivity index (χ1) is 14.1. The van der Waals surface area contributed by atoms with Gasteiger partial charge in [-0.2, -0.15) is 4.98 Å². The van der Waals surface area contributed by atoms with E-state index in [1.807, 2.05) is 73.7 Å². The standard InChI is InChI=1S/C23H17N3O2S/c1-14-6-5-7-16(12-14)22-24-21(25-28-22)15-10-11-18-20(13-15)29-19-9-4-3-8-17(19)23(27)26(18)2/h3-13H,1-2H3. The Labute approximate surface area is 172 Å². The van der Waals surface area contributed by atoms with Gasteiger partial charge in [-0.25, -0.2) is 0 Å². The Bertz CT molecular complexity index is 1250. The molecule has 0 spiro atoms. The number of carbonyl (C=O) groups excluding carboxylic acids is 1. The Balaban J connectivity index is 1.55. The molecule has 1 aliphatic heterocycles. The van der Waals surface area contributed by atoms with Gasteiger partial charge in [0.1, 0.15) is 0 Å². The van der Waals surface area contributed by atoms with Crippen LogP contribution < -0.4 is 4.90 Å². The fraction of sp³-hybridized carbons (Fsp3) is 0.0870. The van der Waals surface area contributed by atoms with Gasteiger partial charge in [-0.15, -0.1) is 0 Å². The molecule has 2 heterocycles. The van der Waals surface area contributed by atoms with E-state index >= 15 is 0 Å². The molecule has 0 saturated carbocycles. The van der Waals surface area contributed by atoms with Crippen LogP contribution in [0.4, 0.5) is 5.69 Å². The van der Waals surface area contributed by atoms with Gasteiger partial charge in [0, 0.05) is 28.0 Å². The van der Waals surface area contributed by atoms with Crippen LogP contribution in [0.2, 0.25) is 0 Å². The number of hydrogen-bond donors (Lipinski definition) is 0. The molecule has 0 radical (unpaired) electrons. The second-order valence-electron chi connectivity index (χ2n) is 6.94. The third-order valence-electron chi connectivity index (χ3n) is 4.91. The molecule has 0 N–H and O–H groups in total. The van der Waals surface area contributed by atoms with Gasteiger partial charge in [0.05, 0.1) is 11.3 Å². The lowest BCUT2D eigenvalue weighted by Gasteiger charge is -2.17. The predicted molar refractivity (Wildman–Crippen MR) is 113 cm³/mol. The van der Waals surface area contributed by atoms with E-state index in [1.165, 1.54) is 0 Å². The van der Waals surface area contributed by atoms with Crippen molar-refractivity contribution in [3.05, 3.63) is 77.9 Å². The van der Waals surface area contributed by atoms with E-state index in [2.05, 4.69) is 10.1 Å². The summed E-state index contributed by atoms with van der Waals surface area (Å²) in [6.45, 7) is 2.03. The molecule has 5 rings (SSSR count). The number of benzene rings is 3. The first kappa shape index (κ1) is 17.7. The summed E-state index contributed by atoms with van der Waals surface area (Å²) in [6.07, 6.45) is 0. The minimum atomic E-state index is -0.0131. The Morgan fingerprint density at radius 3 is 2.66 bits per heavy atom. The van der Waals surface area contributed by atoms with E-state index < -0.39 is 0 Å². The molecule has 142 valence electrons. The highest BCUT2D eigenvalue weighted by atomic mass is 32.2. The van der Waals surface area contributed by atoms with Crippen molar-refractivity contribution in [2.45, 2.75) is 16.7 Å². The summed E-state index contributed by atoms with van der Waals surface area (Å²) >= 11 is 1.58. The lowest BCUT2D eigenvalue weighted by Crippen LogP contribution is -2.25. The third kappa shape index (κ3) is 3.11. The number of fused-ring (bicyclic) bond motifs is 2. The molecule has 0 atom stereocenters. The summed E-state index contributed by atoms with van der Waals surface area (Å²) in [5.41, 5.74) is 4.45. The SMILES string of the molecule is Cc1cccc(-c2nc(-c3ccc4c(c3)Sc3ccccc3C(=O)N4C)no2)c1. The number of rotatable bonds is 2. The lowest BCUT2D eigenvalue weighted by molar-refractivity contribution is 0.0990. The fourth-order valence-electron chi connectivity index (χ4n) is 3.39. The number of amides is 1. The summed E-state index contributed by atoms with van der Waals surface area (Å²) in [5.74, 6) is 1.00. The van der Waals surface area contributed by atoms with Gasteiger partial charge in [0.15, 0.2) is 0 Å². The Morgan fingerprint density at radius 2 is 1.79 bits per heavy atom. The minimum Gasteiger partial charge on any atom is -0.334 e. The van der Waals surface area contributed by atoms with E-state index in [1.54, 1.807) is 23.7 Å². The molecule has 5 nitrogen and oxygen atoms in total. The van der Waals surface area contributed by atoms with Crippen LogP contribution in [0.5, 0.6) is 0 Å². The van der Waals surface area contributed by atoms with Gasteiger partial charge in [-0.05, 0) is 49.4 Å². The number of carbonyl (C=O) groups is 1. The Hall–Kier alpha value is -3.38. The molecule has 0 fully saturated rings. The third-order valence-corrected chi connectivity index (χ3v) is 6.04. The maximum atomic E-state index is 12.8. The second kappa shape index (κ2) is 6.90. The molecule has 1 amide bonds. The summed E-state index contributed by atoms with van der Waals surface area (Å²) < 4.78 is 5.49. The number of anilines is 1. The van der Waals surface area contributed by atoms with Crippen molar-refractivity contribution in [1.29, 1.82) is 0 Å². The van der Waals surface area contributed by atoms with E-state index in [9.17, 15) is 4.79 Å². The van der Waals surface area contributed by atoms with Crippen LogP contribution in [0.15, 0.2) is 81.0 Å². The van der Waals surface area contributed by atoms with Crippen molar-refractivity contribution in [1.82, 2.24) is 10.1 Å². The smallest absolute Gasteiger partial charge is 0.259 e. The molecule has 0 unspecified atom stereocenters. The normalized spacial score (nSPS) is 13.0. The van der Waals surface area contributed by atoms with Gasteiger partial charge in [-0.1, -0.05) is 46.7 Å². The molecule has 29 heavy (non-hydrogen) atoms. The van der Waals surface area contributed by atoms with Crippen molar-refractivity contribution < 1.29 is 9.32 Å². The van der Waals surface area contributed by atoms with Crippen molar-refractivity contribution in [3.63, 3.8) is 0 Å². The monoisotopic (exact) mass is 399 g/mol. The van der Waals surface area contributed by atoms with Crippen molar-refractivity contribution in [2.75, 3.05) is 11.9 Å². The van der Waals surface area contributed by atoms with Crippen LogP contribution in [-0.4, -0.2) is 23.1 Å². The fourth-order valence-corrected chi connectivity index (χ4v) is 4.53. The van der Waals surface area contributed by atoms with Crippen LogP contribution in [0, 0.1) is 6.92 Å². The quantitative estimate of drug-likeness (QED) is 0.448. The van der Waals surface area contributed by atoms with E-state index in [4.69, 9.17) is 4.52 Å². The molecule has 0 saturated heterocycles. The molecule has 1 aliphatic rings. The van der Waals surface area contributed by atoms with Crippen LogP contribution >= 0.6 is 11.8 Å². The Morgan fingerprint density at radius 1 is 0.931 bits per heavy atom. The van der Waals surface area contributed by atoms with Crippen LogP contribution in [0.25, 0.3) is 22.8 Å². The maximum absolute atomic E-state index is 12.8. The van der Waals surface area contributed by atoms with Crippen LogP contribution in [0.1, 0.15) is 15.9 Å². The summed E-state index contributed by atoms with van der Waals surface area (Å²) in [5, 5.41) is 4.17. The highest BCUT2D eigenvalue weighted by molar-refractivity contribution is 7.99. The Kier molecular flexibility index (Phi) is 4.21. The number of nitrogens with zero attached hydrogens (tertiary/aromatic N) is 3. The molecular formula is C23H17N3O2S. The average Bonchev–Trinajstić information content (AvgIpc) is 3.20. The second-order valence-corrected chi connectivity index (χ2v) is 8.02. The highest BCUT2D eigenvalue weighted by Gasteiger charge is 2.25. The van der Waals surface area contributed by atoms with E-state index in [-0.39, 0.29) is 5.91 Å². The van der Waals surface area contributed by atoms with Crippen LogP contribution in [-0.2, 0) is 0 Å². The van der Waals surface area contributed by atoms with Crippen molar-refractivity contribution in [3.8, 4) is 22.8 Å². The summed E-state index contributed by atoms with van der Waals surface area (Å²) in [4.78, 5) is 21.0. The van der Waals surface area contributed by atoms with Gasteiger partial charge in [0.2, 0.25) is 5.82 Å². The van der Waals surface area contributed by atoms with Crippen LogP contribution in [0.3, 0.4) is 0 Å². The number of hydrogen-bond acceptors (Lipinski definition) is 5. The first-order valence-electron chi connectivity index (χ1n) is 9.20. The summed E-state index contributed by atoms with van der Waals surface area (Å²) in [7, 11) is 1.80. The zero-order valence-electron chi connectivity index (χ0n) is 15.9. The zero-order valence-corrected chi connectivity index (χ0v) is 16.7. The van der Waals surface area contributed by atoms with Crippen molar-refractivity contribution >= 4 is 23.4 Å². The van der Waals surface area contributed by atoms with E-state index in [0.717, 1.165) is 32.2 Å². The van der Waals surface area contributed by atoms with Gasteiger partial charge < -0.3 is 9.42 Å². The number of aromatic nitrogens is 2. The first-order valence-corrected chi connectivity index (χ1v) is 10.0. The van der Waals surface area contributed by atoms with Gasteiger partial charge >= 0.3 is 0 Å². The highest BCUT2D eigenvalue weighted by Crippen LogP contribution is 2.42.